The van der Waals surface area contributed by atoms with Gasteiger partial charge in [-0.25, -0.2) is 9.89 Å². The third-order valence-electron chi connectivity index (χ3n) is 5.27. The van der Waals surface area contributed by atoms with Crippen LogP contribution < -0.4 is 11.1 Å². The molecule has 0 bridgehead atoms. The van der Waals surface area contributed by atoms with Crippen LogP contribution in [0, 0.1) is 5.92 Å². The molecule has 0 spiro atoms. The van der Waals surface area contributed by atoms with Crippen LogP contribution in [0.4, 0.5) is 10.9 Å². The maximum Gasteiger partial charge on any atom is 0.341 e. The molecular weight excluding hydrogens is 446 g/mol. The zero-order valence-corrected chi connectivity index (χ0v) is 19.5. The standard InChI is InChI=1S/C22H25N5O3S2/c1-3-30-20(29)16-14-10-9-12(2)11-15(14)31-19(16)24-18(28)17(13-7-5-4-6-8-13)32-22-25-21(23)26-27-22/h4-8,12,17H,3,9-11H2,1-2H3,(H,24,28)(H3,23,25,26,27). The van der Waals surface area contributed by atoms with E-state index >= 15 is 0 Å². The number of fused-ring (bicyclic) bond motifs is 1. The third-order valence-corrected chi connectivity index (χ3v) is 7.56. The van der Waals surface area contributed by atoms with Gasteiger partial charge in [0.25, 0.3) is 0 Å². The molecule has 8 nitrogen and oxygen atoms in total. The van der Waals surface area contributed by atoms with Gasteiger partial charge in [-0.15, -0.1) is 16.4 Å². The molecule has 2 aromatic heterocycles. The summed E-state index contributed by atoms with van der Waals surface area (Å²) in [5, 5.41) is 9.95. The highest BCUT2D eigenvalue weighted by molar-refractivity contribution is 8.00. The predicted octanol–water partition coefficient (Wildman–Crippen LogP) is 4.22. The van der Waals surface area contributed by atoms with Gasteiger partial charge in [-0.3, -0.25) is 4.79 Å². The van der Waals surface area contributed by atoms with Gasteiger partial charge in [-0.1, -0.05) is 49.0 Å². The molecule has 1 amide bonds. The van der Waals surface area contributed by atoms with E-state index in [1.54, 1.807) is 6.92 Å². The number of carbonyl (C=O) groups is 2. The van der Waals surface area contributed by atoms with Crippen LogP contribution in [-0.4, -0.2) is 33.7 Å². The zero-order valence-electron chi connectivity index (χ0n) is 17.9. The van der Waals surface area contributed by atoms with Crippen LogP contribution in [0.15, 0.2) is 35.5 Å². The first kappa shape index (κ1) is 22.3. The topological polar surface area (TPSA) is 123 Å². The smallest absolute Gasteiger partial charge is 0.341 e. The molecule has 32 heavy (non-hydrogen) atoms. The number of aromatic nitrogens is 3. The van der Waals surface area contributed by atoms with Crippen molar-refractivity contribution >= 4 is 45.9 Å². The molecule has 0 saturated heterocycles. The van der Waals surface area contributed by atoms with Crippen molar-refractivity contribution in [3.05, 3.63) is 51.9 Å². The normalized spacial score (nSPS) is 16.2. The molecular formula is C22H25N5O3S2. The van der Waals surface area contributed by atoms with Crippen molar-refractivity contribution in [3.8, 4) is 0 Å². The lowest BCUT2D eigenvalue weighted by Gasteiger charge is -2.18. The average Bonchev–Trinajstić information content (AvgIpc) is 3.34. The van der Waals surface area contributed by atoms with Crippen molar-refractivity contribution < 1.29 is 14.3 Å². The van der Waals surface area contributed by atoms with Crippen LogP contribution in [-0.2, 0) is 22.4 Å². The summed E-state index contributed by atoms with van der Waals surface area (Å²) in [7, 11) is 0. The lowest BCUT2D eigenvalue weighted by molar-refractivity contribution is -0.115. The summed E-state index contributed by atoms with van der Waals surface area (Å²) in [6.45, 7) is 4.26. The van der Waals surface area contributed by atoms with Crippen molar-refractivity contribution in [1.29, 1.82) is 0 Å². The summed E-state index contributed by atoms with van der Waals surface area (Å²) >= 11 is 2.66. The Balaban J connectivity index is 1.66. The largest absolute Gasteiger partial charge is 0.462 e. The number of carbonyl (C=O) groups excluding carboxylic acids is 2. The number of nitrogens with two attached hydrogens (primary N) is 1. The summed E-state index contributed by atoms with van der Waals surface area (Å²) in [5.74, 6) is 0.0789. The van der Waals surface area contributed by atoms with E-state index in [0.29, 0.717) is 21.6 Å². The second kappa shape index (κ2) is 9.74. The first-order valence-corrected chi connectivity index (χ1v) is 12.2. The Labute approximate surface area is 194 Å². The Kier molecular flexibility index (Phi) is 6.80. The molecule has 168 valence electrons. The highest BCUT2D eigenvalue weighted by Crippen LogP contribution is 2.41. The number of ether oxygens (including phenoxy) is 1. The lowest BCUT2D eigenvalue weighted by atomic mass is 9.88. The number of aromatic amines is 1. The van der Waals surface area contributed by atoms with Crippen molar-refractivity contribution in [2.24, 2.45) is 5.92 Å². The van der Waals surface area contributed by atoms with Crippen LogP contribution in [0.3, 0.4) is 0 Å². The second-order valence-electron chi connectivity index (χ2n) is 7.68. The molecule has 0 aliphatic heterocycles. The summed E-state index contributed by atoms with van der Waals surface area (Å²) in [6, 6.07) is 9.39. The van der Waals surface area contributed by atoms with Crippen molar-refractivity contribution in [2.45, 2.75) is 43.5 Å². The van der Waals surface area contributed by atoms with Gasteiger partial charge in [0.1, 0.15) is 10.3 Å². The van der Waals surface area contributed by atoms with Crippen LogP contribution in [0.2, 0.25) is 0 Å². The molecule has 10 heteroatoms. The maximum absolute atomic E-state index is 13.5. The Morgan fingerprint density at radius 1 is 1.38 bits per heavy atom. The van der Waals surface area contributed by atoms with Crippen LogP contribution >= 0.6 is 23.1 Å². The van der Waals surface area contributed by atoms with E-state index in [9.17, 15) is 9.59 Å². The van der Waals surface area contributed by atoms with Crippen LogP contribution in [0.25, 0.3) is 0 Å². The number of nitrogens with one attached hydrogen (secondary N) is 2. The second-order valence-corrected chi connectivity index (χ2v) is 9.85. The molecule has 2 heterocycles. The maximum atomic E-state index is 13.5. The van der Waals surface area contributed by atoms with E-state index in [0.717, 1.165) is 35.3 Å². The number of hydrogen-bond donors (Lipinski definition) is 3. The van der Waals surface area contributed by atoms with Crippen molar-refractivity contribution in [3.63, 3.8) is 0 Å². The number of rotatable bonds is 7. The fraction of sp³-hybridized carbons (Fsp3) is 0.364. The van der Waals surface area contributed by atoms with Gasteiger partial charge < -0.3 is 15.8 Å². The molecule has 0 saturated carbocycles. The minimum absolute atomic E-state index is 0.185. The molecule has 4 rings (SSSR count). The first-order chi connectivity index (χ1) is 15.5. The molecule has 2 atom stereocenters. The minimum atomic E-state index is -0.625. The number of thioether (sulfide) groups is 1. The minimum Gasteiger partial charge on any atom is -0.462 e. The predicted molar refractivity (Wildman–Crippen MR) is 126 cm³/mol. The SMILES string of the molecule is CCOC(=O)c1c(NC(=O)C(Sc2n[nH]c(N)n2)c2ccccc2)sc2c1CCC(C)C2. The highest BCUT2D eigenvalue weighted by Gasteiger charge is 2.31. The van der Waals surface area contributed by atoms with Gasteiger partial charge in [-0.2, -0.15) is 4.98 Å². The first-order valence-electron chi connectivity index (χ1n) is 10.5. The molecule has 3 aromatic rings. The summed E-state index contributed by atoms with van der Waals surface area (Å²) in [4.78, 5) is 31.5. The lowest BCUT2D eigenvalue weighted by Crippen LogP contribution is -2.21. The van der Waals surface area contributed by atoms with E-state index in [-0.39, 0.29) is 24.4 Å². The molecule has 4 N–H and O–H groups in total. The van der Waals surface area contributed by atoms with E-state index in [1.165, 1.54) is 23.1 Å². The van der Waals surface area contributed by atoms with Gasteiger partial charge in [-0.05, 0) is 43.2 Å². The number of H-pyrrole nitrogens is 1. The van der Waals surface area contributed by atoms with E-state index in [1.807, 2.05) is 30.3 Å². The van der Waals surface area contributed by atoms with Gasteiger partial charge >= 0.3 is 5.97 Å². The van der Waals surface area contributed by atoms with Gasteiger partial charge in [0.2, 0.25) is 17.0 Å². The number of anilines is 2. The molecule has 1 aliphatic carbocycles. The monoisotopic (exact) mass is 471 g/mol. The Bertz CT molecular complexity index is 1110. The number of amides is 1. The van der Waals surface area contributed by atoms with E-state index in [4.69, 9.17) is 10.5 Å². The number of hydrogen-bond acceptors (Lipinski definition) is 8. The Morgan fingerprint density at radius 2 is 2.16 bits per heavy atom. The fourth-order valence-corrected chi connectivity index (χ4v) is 6.07. The number of benzene rings is 1. The summed E-state index contributed by atoms with van der Waals surface area (Å²) < 4.78 is 5.32. The van der Waals surface area contributed by atoms with Crippen LogP contribution in [0.5, 0.6) is 0 Å². The molecule has 1 aliphatic rings. The number of nitrogen functional groups attached to an aromatic ring is 1. The summed E-state index contributed by atoms with van der Waals surface area (Å²) in [5.41, 5.74) is 7.94. The van der Waals surface area contributed by atoms with Gasteiger partial charge in [0.15, 0.2) is 0 Å². The number of esters is 1. The van der Waals surface area contributed by atoms with Gasteiger partial charge in [0.05, 0.1) is 12.2 Å². The molecule has 2 unspecified atom stereocenters. The molecule has 1 aromatic carbocycles. The van der Waals surface area contributed by atoms with Crippen molar-refractivity contribution in [1.82, 2.24) is 15.2 Å². The zero-order chi connectivity index (χ0) is 22.7. The van der Waals surface area contributed by atoms with Gasteiger partial charge in [0, 0.05) is 4.88 Å². The molecule has 0 fully saturated rings. The fourth-order valence-electron chi connectivity index (χ4n) is 3.75. The Hall–Kier alpha value is -2.85. The van der Waals surface area contributed by atoms with Crippen molar-refractivity contribution in [2.75, 3.05) is 17.7 Å². The van der Waals surface area contributed by atoms with E-state index in [2.05, 4.69) is 27.4 Å². The number of thiophene rings is 1. The Morgan fingerprint density at radius 3 is 2.84 bits per heavy atom. The highest BCUT2D eigenvalue weighted by atomic mass is 32.2. The average molecular weight is 472 g/mol. The van der Waals surface area contributed by atoms with Crippen LogP contribution in [0.1, 0.15) is 51.9 Å². The number of nitrogens with zero attached hydrogens (tertiary/aromatic N) is 2. The molecule has 0 radical (unpaired) electrons. The quantitative estimate of drug-likeness (QED) is 0.348. The van der Waals surface area contributed by atoms with E-state index < -0.39 is 5.25 Å². The third kappa shape index (κ3) is 4.81. The summed E-state index contributed by atoms with van der Waals surface area (Å²) in [6.07, 6.45) is 2.72.